The summed E-state index contributed by atoms with van der Waals surface area (Å²) in [5, 5.41) is 0. The van der Waals surface area contributed by atoms with Crippen molar-refractivity contribution in [2.45, 2.75) is 13.3 Å². The molecule has 17 heavy (non-hydrogen) atoms. The molecule has 3 heteroatoms. The molecule has 2 aromatic rings. The van der Waals surface area contributed by atoms with Crippen molar-refractivity contribution < 1.29 is 9.53 Å². The van der Waals surface area contributed by atoms with Gasteiger partial charge in [-0.25, -0.2) is 4.79 Å². The maximum Gasteiger partial charge on any atom is 0.354 e. The van der Waals surface area contributed by atoms with E-state index in [-0.39, 0.29) is 5.97 Å². The van der Waals surface area contributed by atoms with E-state index in [2.05, 4.69) is 34.8 Å². The Bertz CT molecular complexity index is 529. The fourth-order valence-electron chi connectivity index (χ4n) is 1.81. The lowest BCUT2D eigenvalue weighted by Crippen LogP contribution is -2.01. The number of methoxy groups -OCH3 is 1. The zero-order valence-electron chi connectivity index (χ0n) is 9.99. The molecule has 1 heterocycles. The summed E-state index contributed by atoms with van der Waals surface area (Å²) >= 11 is 0. The van der Waals surface area contributed by atoms with Crippen LogP contribution in [-0.2, 0) is 11.2 Å². The Labute approximate surface area is 100 Å². The van der Waals surface area contributed by atoms with Crippen LogP contribution in [0.15, 0.2) is 36.4 Å². The fraction of sp³-hybridized carbons (Fsp3) is 0.214. The first kappa shape index (κ1) is 11.5. The Balaban J connectivity index is 2.14. The SMILES string of the molecule is COC(=O)c1ccc(Cc2cccc(C)c2)[nH]1. The average molecular weight is 229 g/mol. The quantitative estimate of drug-likeness (QED) is 0.822. The number of aryl methyl sites for hydroxylation is 1. The number of nitrogens with one attached hydrogen (secondary N) is 1. The van der Waals surface area contributed by atoms with E-state index in [1.54, 1.807) is 6.07 Å². The van der Waals surface area contributed by atoms with E-state index in [1.807, 2.05) is 12.1 Å². The number of carbonyl (C=O) groups excluding carboxylic acids is 1. The van der Waals surface area contributed by atoms with Gasteiger partial charge in [0.05, 0.1) is 7.11 Å². The molecule has 0 aliphatic carbocycles. The third kappa shape index (κ3) is 2.75. The molecule has 0 fully saturated rings. The number of ether oxygens (including phenoxy) is 1. The molecular weight excluding hydrogens is 214 g/mol. The number of H-pyrrole nitrogens is 1. The van der Waals surface area contributed by atoms with Gasteiger partial charge in [-0.05, 0) is 24.6 Å². The predicted molar refractivity (Wildman–Crippen MR) is 66.1 cm³/mol. The monoisotopic (exact) mass is 229 g/mol. The van der Waals surface area contributed by atoms with Crippen LogP contribution in [0.1, 0.15) is 27.3 Å². The summed E-state index contributed by atoms with van der Waals surface area (Å²) < 4.78 is 4.65. The molecule has 1 N–H and O–H groups in total. The van der Waals surface area contributed by atoms with Crippen molar-refractivity contribution in [3.63, 3.8) is 0 Å². The molecule has 0 unspecified atom stereocenters. The first-order valence-corrected chi connectivity index (χ1v) is 5.51. The molecule has 0 amide bonds. The third-order valence-electron chi connectivity index (χ3n) is 2.63. The molecule has 0 aliphatic heterocycles. The molecular formula is C14H15NO2. The Morgan fingerprint density at radius 1 is 1.29 bits per heavy atom. The van der Waals surface area contributed by atoms with E-state index < -0.39 is 0 Å². The van der Waals surface area contributed by atoms with Gasteiger partial charge in [0, 0.05) is 12.1 Å². The highest BCUT2D eigenvalue weighted by atomic mass is 16.5. The number of rotatable bonds is 3. The second kappa shape index (κ2) is 4.87. The molecule has 0 saturated heterocycles. The summed E-state index contributed by atoms with van der Waals surface area (Å²) in [6.45, 7) is 2.07. The van der Waals surface area contributed by atoms with Gasteiger partial charge in [0.1, 0.15) is 5.69 Å². The van der Waals surface area contributed by atoms with E-state index in [0.29, 0.717) is 5.69 Å². The number of hydrogen-bond donors (Lipinski definition) is 1. The Morgan fingerprint density at radius 2 is 2.12 bits per heavy atom. The molecule has 0 atom stereocenters. The van der Waals surface area contributed by atoms with Crippen molar-refractivity contribution in [1.82, 2.24) is 4.98 Å². The van der Waals surface area contributed by atoms with E-state index in [9.17, 15) is 4.79 Å². The number of aromatic nitrogens is 1. The molecule has 0 spiro atoms. The maximum absolute atomic E-state index is 11.3. The molecule has 88 valence electrons. The van der Waals surface area contributed by atoms with Crippen LogP contribution in [0, 0.1) is 6.92 Å². The molecule has 1 aromatic carbocycles. The number of aromatic amines is 1. The molecule has 0 aliphatic rings. The molecule has 0 radical (unpaired) electrons. The highest BCUT2D eigenvalue weighted by molar-refractivity contribution is 5.87. The van der Waals surface area contributed by atoms with Crippen LogP contribution in [0.3, 0.4) is 0 Å². The van der Waals surface area contributed by atoms with Crippen molar-refractivity contribution in [1.29, 1.82) is 0 Å². The van der Waals surface area contributed by atoms with Crippen LogP contribution in [0.2, 0.25) is 0 Å². The molecule has 3 nitrogen and oxygen atoms in total. The molecule has 2 rings (SSSR count). The van der Waals surface area contributed by atoms with Gasteiger partial charge in [0.25, 0.3) is 0 Å². The van der Waals surface area contributed by atoms with Crippen LogP contribution in [0.5, 0.6) is 0 Å². The Hall–Kier alpha value is -2.03. The van der Waals surface area contributed by atoms with Crippen molar-refractivity contribution in [2.24, 2.45) is 0 Å². The van der Waals surface area contributed by atoms with Crippen LogP contribution in [-0.4, -0.2) is 18.1 Å². The lowest BCUT2D eigenvalue weighted by molar-refractivity contribution is 0.0594. The predicted octanol–water partition coefficient (Wildman–Crippen LogP) is 2.70. The summed E-state index contributed by atoms with van der Waals surface area (Å²) in [5.41, 5.74) is 3.97. The zero-order valence-corrected chi connectivity index (χ0v) is 9.99. The Morgan fingerprint density at radius 3 is 2.82 bits per heavy atom. The third-order valence-corrected chi connectivity index (χ3v) is 2.63. The van der Waals surface area contributed by atoms with E-state index in [0.717, 1.165) is 12.1 Å². The first-order chi connectivity index (χ1) is 8.19. The summed E-state index contributed by atoms with van der Waals surface area (Å²) in [7, 11) is 1.38. The van der Waals surface area contributed by atoms with Gasteiger partial charge in [-0.2, -0.15) is 0 Å². The highest BCUT2D eigenvalue weighted by Crippen LogP contribution is 2.11. The van der Waals surface area contributed by atoms with Gasteiger partial charge in [0.15, 0.2) is 0 Å². The maximum atomic E-state index is 11.3. The van der Waals surface area contributed by atoms with E-state index >= 15 is 0 Å². The first-order valence-electron chi connectivity index (χ1n) is 5.51. The molecule has 1 aromatic heterocycles. The lowest BCUT2D eigenvalue weighted by atomic mass is 10.1. The number of esters is 1. The summed E-state index contributed by atoms with van der Waals surface area (Å²) in [6.07, 6.45) is 0.790. The summed E-state index contributed by atoms with van der Waals surface area (Å²) in [5.74, 6) is -0.333. The van der Waals surface area contributed by atoms with Crippen LogP contribution in [0.4, 0.5) is 0 Å². The number of carbonyl (C=O) groups is 1. The van der Waals surface area contributed by atoms with Crippen molar-refractivity contribution in [3.8, 4) is 0 Å². The normalized spacial score (nSPS) is 10.2. The minimum atomic E-state index is -0.333. The second-order valence-electron chi connectivity index (χ2n) is 4.05. The van der Waals surface area contributed by atoms with Crippen LogP contribution >= 0.6 is 0 Å². The van der Waals surface area contributed by atoms with Gasteiger partial charge >= 0.3 is 5.97 Å². The largest absolute Gasteiger partial charge is 0.464 e. The lowest BCUT2D eigenvalue weighted by Gasteiger charge is -2.01. The standard InChI is InChI=1S/C14H15NO2/c1-10-4-3-5-11(8-10)9-12-6-7-13(15-12)14(16)17-2/h3-8,15H,9H2,1-2H3. The number of hydrogen-bond acceptors (Lipinski definition) is 2. The van der Waals surface area contributed by atoms with Gasteiger partial charge < -0.3 is 9.72 Å². The molecule has 0 saturated carbocycles. The van der Waals surface area contributed by atoms with Crippen molar-refractivity contribution >= 4 is 5.97 Å². The Kier molecular flexibility index (Phi) is 3.28. The smallest absolute Gasteiger partial charge is 0.354 e. The van der Waals surface area contributed by atoms with E-state index in [1.165, 1.54) is 18.2 Å². The zero-order chi connectivity index (χ0) is 12.3. The summed E-state index contributed by atoms with van der Waals surface area (Å²) in [4.78, 5) is 14.3. The van der Waals surface area contributed by atoms with Crippen LogP contribution < -0.4 is 0 Å². The molecule has 0 bridgehead atoms. The van der Waals surface area contributed by atoms with Crippen molar-refractivity contribution in [3.05, 3.63) is 58.9 Å². The average Bonchev–Trinajstić information content (AvgIpc) is 2.76. The van der Waals surface area contributed by atoms with Gasteiger partial charge in [0.2, 0.25) is 0 Å². The fourth-order valence-corrected chi connectivity index (χ4v) is 1.81. The number of benzene rings is 1. The minimum absolute atomic E-state index is 0.333. The van der Waals surface area contributed by atoms with Crippen LogP contribution in [0.25, 0.3) is 0 Å². The van der Waals surface area contributed by atoms with Crippen molar-refractivity contribution in [2.75, 3.05) is 7.11 Å². The topological polar surface area (TPSA) is 42.1 Å². The van der Waals surface area contributed by atoms with Gasteiger partial charge in [-0.1, -0.05) is 29.8 Å². The van der Waals surface area contributed by atoms with Gasteiger partial charge in [-0.15, -0.1) is 0 Å². The highest BCUT2D eigenvalue weighted by Gasteiger charge is 2.07. The summed E-state index contributed by atoms with van der Waals surface area (Å²) in [6, 6.07) is 12.0. The van der Waals surface area contributed by atoms with E-state index in [4.69, 9.17) is 0 Å². The van der Waals surface area contributed by atoms with Gasteiger partial charge in [-0.3, -0.25) is 0 Å². The minimum Gasteiger partial charge on any atom is -0.464 e. The second-order valence-corrected chi connectivity index (χ2v) is 4.05.